The van der Waals surface area contributed by atoms with Gasteiger partial charge in [0.25, 0.3) is 5.91 Å². The van der Waals surface area contributed by atoms with E-state index in [0.717, 1.165) is 0 Å². The van der Waals surface area contributed by atoms with Gasteiger partial charge in [-0.15, -0.1) is 0 Å². The molecule has 1 unspecified atom stereocenters. The molecule has 0 bridgehead atoms. The summed E-state index contributed by atoms with van der Waals surface area (Å²) in [5.74, 6) is -0.497. The Hall–Kier alpha value is -3.37. The fourth-order valence-electron chi connectivity index (χ4n) is 2.88. The third-order valence-corrected chi connectivity index (χ3v) is 5.09. The van der Waals surface area contributed by atoms with E-state index in [0.29, 0.717) is 16.9 Å². The molecule has 0 spiro atoms. The predicted octanol–water partition coefficient (Wildman–Crippen LogP) is 1.31. The highest BCUT2D eigenvalue weighted by Crippen LogP contribution is 2.29. The van der Waals surface area contributed by atoms with Gasteiger partial charge < -0.3 is 21.1 Å². The maximum Gasteiger partial charge on any atom is 0.319 e. The van der Waals surface area contributed by atoms with Gasteiger partial charge in [0.1, 0.15) is 5.75 Å². The molecule has 0 aliphatic carbocycles. The number of allylic oxidation sites excluding steroid dienone is 1. The lowest BCUT2D eigenvalue weighted by atomic mass is 9.94. The summed E-state index contributed by atoms with van der Waals surface area (Å²) in [4.78, 5) is 24.7. The van der Waals surface area contributed by atoms with Crippen molar-refractivity contribution in [3.8, 4) is 5.75 Å². The molecule has 9 nitrogen and oxygen atoms in total. The molecule has 0 aromatic heterocycles. The summed E-state index contributed by atoms with van der Waals surface area (Å²) >= 11 is 0. The van der Waals surface area contributed by atoms with Crippen LogP contribution in [0, 0.1) is 0 Å². The average Bonchev–Trinajstić information content (AvgIpc) is 2.60. The number of hydrogen-bond donors (Lipinski definition) is 5. The zero-order valence-electron chi connectivity index (χ0n) is 14.8. The van der Waals surface area contributed by atoms with Crippen LogP contribution >= 0.6 is 0 Å². The number of phenols is 1. The van der Waals surface area contributed by atoms with Crippen LogP contribution in [-0.4, -0.2) is 25.5 Å². The number of hydrogen-bond acceptors (Lipinski definition) is 5. The van der Waals surface area contributed by atoms with Crippen molar-refractivity contribution in [1.29, 1.82) is 0 Å². The number of nitrogens with two attached hydrogens (primary N) is 1. The van der Waals surface area contributed by atoms with E-state index in [1.807, 2.05) is 0 Å². The SMILES string of the molecule is CC1=C(C(=O)Nc2ccc(S(N)(=O)=O)cc2)C(c2cccc(O)c2)NC(=O)N1. The van der Waals surface area contributed by atoms with E-state index in [1.165, 1.54) is 36.4 Å². The van der Waals surface area contributed by atoms with Crippen molar-refractivity contribution in [3.63, 3.8) is 0 Å². The van der Waals surface area contributed by atoms with Gasteiger partial charge in [0.2, 0.25) is 10.0 Å². The van der Waals surface area contributed by atoms with Crippen molar-refractivity contribution in [2.75, 3.05) is 5.32 Å². The maximum atomic E-state index is 12.9. The molecule has 1 atom stereocenters. The zero-order valence-corrected chi connectivity index (χ0v) is 15.6. The maximum absolute atomic E-state index is 12.9. The highest BCUT2D eigenvalue weighted by molar-refractivity contribution is 7.89. The van der Waals surface area contributed by atoms with Crippen LogP contribution in [0.4, 0.5) is 10.5 Å². The Morgan fingerprint density at radius 1 is 1.18 bits per heavy atom. The van der Waals surface area contributed by atoms with E-state index in [9.17, 15) is 23.1 Å². The minimum atomic E-state index is -3.84. The van der Waals surface area contributed by atoms with Crippen molar-refractivity contribution in [3.05, 3.63) is 65.4 Å². The number of aromatic hydroxyl groups is 1. The summed E-state index contributed by atoms with van der Waals surface area (Å²) in [7, 11) is -3.84. The molecule has 146 valence electrons. The number of amides is 3. The lowest BCUT2D eigenvalue weighted by Crippen LogP contribution is -2.45. The van der Waals surface area contributed by atoms with Gasteiger partial charge in [-0.1, -0.05) is 12.1 Å². The summed E-state index contributed by atoms with van der Waals surface area (Å²) in [6, 6.07) is 10.3. The second-order valence-electron chi connectivity index (χ2n) is 6.19. The van der Waals surface area contributed by atoms with Crippen molar-refractivity contribution in [1.82, 2.24) is 10.6 Å². The van der Waals surface area contributed by atoms with E-state index in [1.54, 1.807) is 19.1 Å². The largest absolute Gasteiger partial charge is 0.508 e. The topological polar surface area (TPSA) is 151 Å². The first-order valence-corrected chi connectivity index (χ1v) is 9.71. The van der Waals surface area contributed by atoms with Gasteiger partial charge >= 0.3 is 6.03 Å². The van der Waals surface area contributed by atoms with Crippen molar-refractivity contribution < 1.29 is 23.1 Å². The van der Waals surface area contributed by atoms with E-state index in [-0.39, 0.29) is 16.2 Å². The number of anilines is 1. The quantitative estimate of drug-likeness (QED) is 0.522. The lowest BCUT2D eigenvalue weighted by Gasteiger charge is -2.28. The number of sulfonamides is 1. The first-order valence-electron chi connectivity index (χ1n) is 8.16. The zero-order chi connectivity index (χ0) is 20.5. The van der Waals surface area contributed by atoms with E-state index in [2.05, 4.69) is 16.0 Å². The molecule has 0 radical (unpaired) electrons. The minimum Gasteiger partial charge on any atom is -0.508 e. The molecule has 28 heavy (non-hydrogen) atoms. The number of rotatable bonds is 4. The number of phenolic OH excluding ortho intramolecular Hbond substituents is 1. The van der Waals surface area contributed by atoms with Gasteiger partial charge in [0, 0.05) is 11.4 Å². The van der Waals surface area contributed by atoms with E-state index in [4.69, 9.17) is 5.14 Å². The second-order valence-corrected chi connectivity index (χ2v) is 7.75. The first-order chi connectivity index (χ1) is 13.1. The lowest BCUT2D eigenvalue weighted by molar-refractivity contribution is -0.113. The summed E-state index contributed by atoms with van der Waals surface area (Å²) in [6.07, 6.45) is 0. The van der Waals surface area contributed by atoms with Crippen LogP contribution in [0.2, 0.25) is 0 Å². The van der Waals surface area contributed by atoms with Crippen molar-refractivity contribution in [2.24, 2.45) is 5.14 Å². The Kier molecular flexibility index (Phi) is 5.08. The standard InChI is InChI=1S/C18H18N4O5S/c1-10-15(16(22-18(25)20-10)11-3-2-4-13(23)9-11)17(24)21-12-5-7-14(8-6-12)28(19,26)27/h2-9,16,23H,1H3,(H,21,24)(H2,19,26,27)(H2,20,22,25). The van der Waals surface area contributed by atoms with Crippen LogP contribution in [0.15, 0.2) is 64.7 Å². The van der Waals surface area contributed by atoms with Crippen LogP contribution in [-0.2, 0) is 14.8 Å². The smallest absolute Gasteiger partial charge is 0.319 e. The van der Waals surface area contributed by atoms with Crippen LogP contribution in [0.25, 0.3) is 0 Å². The molecule has 1 aliphatic rings. The van der Waals surface area contributed by atoms with Crippen molar-refractivity contribution >= 4 is 27.6 Å². The Morgan fingerprint density at radius 2 is 1.86 bits per heavy atom. The van der Waals surface area contributed by atoms with E-state index < -0.39 is 28.0 Å². The molecule has 10 heteroatoms. The predicted molar refractivity (Wildman–Crippen MR) is 102 cm³/mol. The molecule has 0 fully saturated rings. The molecular weight excluding hydrogens is 384 g/mol. The van der Waals surface area contributed by atoms with Crippen LogP contribution in [0.3, 0.4) is 0 Å². The normalized spacial score (nSPS) is 16.9. The molecule has 3 amide bonds. The number of primary sulfonamides is 1. The molecule has 6 N–H and O–H groups in total. The highest BCUT2D eigenvalue weighted by atomic mass is 32.2. The number of carbonyl (C=O) groups excluding carboxylic acids is 2. The van der Waals surface area contributed by atoms with Crippen LogP contribution < -0.4 is 21.1 Å². The van der Waals surface area contributed by atoms with Gasteiger partial charge in [0.05, 0.1) is 16.5 Å². The Morgan fingerprint density at radius 3 is 2.46 bits per heavy atom. The number of carbonyl (C=O) groups is 2. The molecule has 3 rings (SSSR count). The summed E-state index contributed by atoms with van der Waals surface area (Å²) < 4.78 is 22.7. The highest BCUT2D eigenvalue weighted by Gasteiger charge is 2.31. The molecule has 1 heterocycles. The van der Waals surface area contributed by atoms with Crippen LogP contribution in [0.5, 0.6) is 5.75 Å². The fourth-order valence-corrected chi connectivity index (χ4v) is 3.39. The molecule has 0 saturated heterocycles. The molecule has 1 aliphatic heterocycles. The third kappa shape index (κ3) is 4.13. The number of urea groups is 1. The monoisotopic (exact) mass is 402 g/mol. The van der Waals surface area contributed by atoms with Gasteiger partial charge in [-0.2, -0.15) is 0 Å². The van der Waals surface area contributed by atoms with Crippen molar-refractivity contribution in [2.45, 2.75) is 17.9 Å². The van der Waals surface area contributed by atoms with Crippen LogP contribution in [0.1, 0.15) is 18.5 Å². The second kappa shape index (κ2) is 7.33. The van der Waals surface area contributed by atoms with Gasteiger partial charge in [0.15, 0.2) is 0 Å². The Balaban J connectivity index is 1.91. The molecule has 2 aromatic rings. The molecule has 0 saturated carbocycles. The molecular formula is C18H18N4O5S. The third-order valence-electron chi connectivity index (χ3n) is 4.16. The Labute approximate surface area is 161 Å². The Bertz CT molecular complexity index is 1080. The number of benzene rings is 2. The summed E-state index contributed by atoms with van der Waals surface area (Å²) in [5, 5.41) is 22.7. The first kappa shape index (κ1) is 19.4. The summed E-state index contributed by atoms with van der Waals surface area (Å²) in [6.45, 7) is 1.59. The van der Waals surface area contributed by atoms with E-state index >= 15 is 0 Å². The van der Waals surface area contributed by atoms with Gasteiger partial charge in [-0.05, 0) is 48.9 Å². The summed E-state index contributed by atoms with van der Waals surface area (Å²) in [5.41, 5.74) is 1.49. The molecule has 2 aromatic carbocycles. The van der Waals surface area contributed by atoms with Gasteiger partial charge in [-0.3, -0.25) is 4.79 Å². The minimum absolute atomic E-state index is 0.00118. The average molecular weight is 402 g/mol. The van der Waals surface area contributed by atoms with Gasteiger partial charge in [-0.25, -0.2) is 18.4 Å². The number of nitrogens with one attached hydrogen (secondary N) is 3. The fraction of sp³-hybridized carbons (Fsp3) is 0.111.